The number of fused-ring (bicyclic) bond motifs is 1. The highest BCUT2D eigenvalue weighted by Gasteiger charge is 2.15. The number of pyridine rings is 1. The second-order valence-corrected chi connectivity index (χ2v) is 7.56. The first-order valence-corrected chi connectivity index (χ1v) is 10.8. The average molecular weight is 443 g/mol. The molecule has 6 nitrogen and oxygen atoms in total. The summed E-state index contributed by atoms with van der Waals surface area (Å²) < 4.78 is 16.9. The number of nitrogens with one attached hydrogen (secondary N) is 1. The third-order valence-corrected chi connectivity index (χ3v) is 5.36. The summed E-state index contributed by atoms with van der Waals surface area (Å²) in [6.45, 7) is 4.91. The fourth-order valence-corrected chi connectivity index (χ4v) is 3.67. The summed E-state index contributed by atoms with van der Waals surface area (Å²) in [7, 11) is 1.61. The molecule has 0 aliphatic heterocycles. The summed E-state index contributed by atoms with van der Waals surface area (Å²) >= 11 is 0. The first-order valence-electron chi connectivity index (χ1n) is 10.8. The van der Waals surface area contributed by atoms with Gasteiger partial charge in [0.15, 0.2) is 0 Å². The second-order valence-electron chi connectivity index (χ2n) is 7.56. The summed E-state index contributed by atoms with van der Waals surface area (Å²) in [6, 6.07) is 15.5. The van der Waals surface area contributed by atoms with Crippen molar-refractivity contribution in [3.63, 3.8) is 0 Å². The molecule has 4 rings (SSSR count). The number of hydrogen-bond acceptors (Lipinski definition) is 5. The van der Waals surface area contributed by atoms with Crippen molar-refractivity contribution in [3.8, 4) is 22.6 Å². The van der Waals surface area contributed by atoms with Crippen LogP contribution in [0.2, 0.25) is 0 Å². The minimum Gasteiger partial charge on any atom is -0.496 e. The molecular formula is C27H26N2O4. The molecule has 2 heterocycles. The Morgan fingerprint density at radius 2 is 1.88 bits per heavy atom. The van der Waals surface area contributed by atoms with Crippen molar-refractivity contribution >= 4 is 22.4 Å². The number of hydrogen-bond donors (Lipinski definition) is 1. The molecule has 0 aliphatic carbocycles. The van der Waals surface area contributed by atoms with Gasteiger partial charge < -0.3 is 19.2 Å². The van der Waals surface area contributed by atoms with E-state index in [4.69, 9.17) is 13.9 Å². The number of nitrogens with zero attached hydrogens (tertiary/aromatic N) is 1. The second kappa shape index (κ2) is 10.0. The van der Waals surface area contributed by atoms with Gasteiger partial charge in [-0.25, -0.2) is 0 Å². The van der Waals surface area contributed by atoms with Gasteiger partial charge in [0.1, 0.15) is 17.1 Å². The van der Waals surface area contributed by atoms with Crippen molar-refractivity contribution in [2.24, 2.45) is 0 Å². The van der Waals surface area contributed by atoms with Crippen LogP contribution in [0.1, 0.15) is 25.0 Å². The Morgan fingerprint density at radius 3 is 2.58 bits per heavy atom. The zero-order valence-corrected chi connectivity index (χ0v) is 18.9. The van der Waals surface area contributed by atoms with E-state index >= 15 is 0 Å². The number of aromatic nitrogens is 1. The van der Waals surface area contributed by atoms with Crippen molar-refractivity contribution in [3.05, 3.63) is 84.4 Å². The molecule has 33 heavy (non-hydrogen) atoms. The van der Waals surface area contributed by atoms with E-state index in [0.717, 1.165) is 44.5 Å². The molecule has 0 saturated carbocycles. The maximum Gasteiger partial charge on any atom is 0.244 e. The quantitative estimate of drug-likeness (QED) is 0.359. The minimum atomic E-state index is -0.176. The normalized spacial score (nSPS) is 11.4. The molecule has 1 amide bonds. The van der Waals surface area contributed by atoms with Gasteiger partial charge in [0.2, 0.25) is 5.91 Å². The van der Waals surface area contributed by atoms with E-state index in [0.29, 0.717) is 18.9 Å². The Bertz CT molecular complexity index is 1270. The smallest absolute Gasteiger partial charge is 0.244 e. The Morgan fingerprint density at radius 1 is 1.12 bits per heavy atom. The van der Waals surface area contributed by atoms with Gasteiger partial charge in [-0.3, -0.25) is 9.78 Å². The van der Waals surface area contributed by atoms with Crippen LogP contribution in [0.3, 0.4) is 0 Å². The molecule has 2 aromatic carbocycles. The number of allylic oxidation sites excluding steroid dienone is 1. The molecule has 168 valence electrons. The maximum atomic E-state index is 12.5. The predicted molar refractivity (Wildman–Crippen MR) is 129 cm³/mol. The first kappa shape index (κ1) is 22.1. The number of ether oxygens (including phenoxy) is 2. The molecule has 0 atom stereocenters. The Balaban J connectivity index is 1.62. The molecule has 6 heteroatoms. The fourth-order valence-electron chi connectivity index (χ4n) is 3.67. The van der Waals surface area contributed by atoms with Crippen molar-refractivity contribution in [1.82, 2.24) is 10.3 Å². The molecule has 0 spiro atoms. The van der Waals surface area contributed by atoms with Gasteiger partial charge in [0, 0.05) is 47.6 Å². The predicted octanol–water partition coefficient (Wildman–Crippen LogP) is 5.62. The van der Waals surface area contributed by atoms with E-state index in [-0.39, 0.29) is 5.91 Å². The van der Waals surface area contributed by atoms with E-state index in [2.05, 4.69) is 10.3 Å². The third-order valence-electron chi connectivity index (χ3n) is 5.36. The molecular weight excluding hydrogens is 416 g/mol. The highest BCUT2D eigenvalue weighted by Crippen LogP contribution is 2.37. The van der Waals surface area contributed by atoms with Gasteiger partial charge in [0.25, 0.3) is 0 Å². The lowest BCUT2D eigenvalue weighted by molar-refractivity contribution is -0.116. The molecule has 0 unspecified atom stereocenters. The topological polar surface area (TPSA) is 73.6 Å². The van der Waals surface area contributed by atoms with Gasteiger partial charge in [-0.2, -0.15) is 0 Å². The highest BCUT2D eigenvalue weighted by atomic mass is 16.5. The fraction of sp³-hybridized carbons (Fsp3) is 0.185. The molecule has 1 N–H and O–H groups in total. The van der Waals surface area contributed by atoms with Gasteiger partial charge in [-0.05, 0) is 60.9 Å². The minimum absolute atomic E-state index is 0.176. The van der Waals surface area contributed by atoms with Crippen LogP contribution in [-0.4, -0.2) is 24.6 Å². The summed E-state index contributed by atoms with van der Waals surface area (Å²) in [4.78, 5) is 16.5. The lowest BCUT2D eigenvalue weighted by Crippen LogP contribution is -2.20. The van der Waals surface area contributed by atoms with Crippen molar-refractivity contribution in [2.45, 2.75) is 20.4 Å². The summed E-state index contributed by atoms with van der Waals surface area (Å²) in [5, 5.41) is 3.85. The largest absolute Gasteiger partial charge is 0.496 e. The summed E-state index contributed by atoms with van der Waals surface area (Å²) in [5.41, 5.74) is 5.31. The molecule has 0 radical (unpaired) electrons. The number of carbonyl (C=O) groups excluding carboxylic acids is 1. The number of carbonyl (C=O) groups is 1. The first-order chi connectivity index (χ1) is 16.1. The lowest BCUT2D eigenvalue weighted by Gasteiger charge is -2.10. The summed E-state index contributed by atoms with van der Waals surface area (Å²) in [5.74, 6) is 1.30. The highest BCUT2D eigenvalue weighted by molar-refractivity contribution is 6.00. The van der Waals surface area contributed by atoms with Crippen LogP contribution in [0.15, 0.2) is 77.7 Å². The SMILES string of the molecule is CCOc1ccc(-c2coc3cc(OC)c(/C(C)=C/C(=O)NCc4ccncc4)cc23)cc1. The Hall–Kier alpha value is -4.06. The molecule has 0 aliphatic rings. The van der Waals surface area contributed by atoms with Gasteiger partial charge in [-0.1, -0.05) is 12.1 Å². The molecule has 0 saturated heterocycles. The van der Waals surface area contributed by atoms with Crippen LogP contribution in [0.4, 0.5) is 0 Å². The Kier molecular flexibility index (Phi) is 6.74. The standard InChI is InChI=1S/C27H26N2O4/c1-4-32-21-7-5-20(6-8-21)24-17-33-26-15-25(31-3)22(14-23(24)26)18(2)13-27(30)29-16-19-9-11-28-12-10-19/h5-15,17H,4,16H2,1-3H3,(H,29,30)/b18-13+. The average Bonchev–Trinajstić information content (AvgIpc) is 3.26. The van der Waals surface area contributed by atoms with Crippen LogP contribution in [0, 0.1) is 0 Å². The van der Waals surface area contributed by atoms with E-state index in [9.17, 15) is 4.79 Å². The van der Waals surface area contributed by atoms with Crippen molar-refractivity contribution in [2.75, 3.05) is 13.7 Å². The molecule has 4 aromatic rings. The number of amides is 1. The molecule has 0 fully saturated rings. The summed E-state index contributed by atoms with van der Waals surface area (Å²) in [6.07, 6.45) is 6.73. The van der Waals surface area contributed by atoms with Crippen molar-refractivity contribution < 1.29 is 18.7 Å². The van der Waals surface area contributed by atoms with E-state index in [1.807, 2.05) is 62.4 Å². The number of furan rings is 1. The van der Waals surface area contributed by atoms with E-state index in [1.54, 1.807) is 31.8 Å². The van der Waals surface area contributed by atoms with Crippen LogP contribution < -0.4 is 14.8 Å². The molecule has 0 bridgehead atoms. The Labute approximate surface area is 192 Å². The monoisotopic (exact) mass is 442 g/mol. The zero-order chi connectivity index (χ0) is 23.2. The van der Waals surface area contributed by atoms with E-state index < -0.39 is 0 Å². The number of benzene rings is 2. The number of rotatable bonds is 8. The van der Waals surface area contributed by atoms with Gasteiger partial charge >= 0.3 is 0 Å². The van der Waals surface area contributed by atoms with Crippen LogP contribution >= 0.6 is 0 Å². The zero-order valence-electron chi connectivity index (χ0n) is 18.9. The van der Waals surface area contributed by atoms with Crippen LogP contribution in [-0.2, 0) is 11.3 Å². The van der Waals surface area contributed by atoms with E-state index in [1.165, 1.54) is 0 Å². The maximum absolute atomic E-state index is 12.5. The third kappa shape index (κ3) is 5.06. The number of methoxy groups -OCH3 is 1. The molecule has 2 aromatic heterocycles. The van der Waals surface area contributed by atoms with Crippen molar-refractivity contribution in [1.29, 1.82) is 0 Å². The lowest BCUT2D eigenvalue weighted by atomic mass is 9.99. The van der Waals surface area contributed by atoms with Gasteiger partial charge in [0.05, 0.1) is 20.0 Å². The van der Waals surface area contributed by atoms with Crippen LogP contribution in [0.5, 0.6) is 11.5 Å². The van der Waals surface area contributed by atoms with Crippen LogP contribution in [0.25, 0.3) is 27.7 Å². The van der Waals surface area contributed by atoms with Gasteiger partial charge in [-0.15, -0.1) is 0 Å².